The molecule has 3 nitrogen and oxygen atoms in total. The lowest BCUT2D eigenvalue weighted by atomic mass is 10.0. The van der Waals surface area contributed by atoms with Gasteiger partial charge in [0.15, 0.2) is 0 Å². The molecule has 1 unspecified atom stereocenters. The summed E-state index contributed by atoms with van der Waals surface area (Å²) in [6.07, 6.45) is 1.75. The zero-order chi connectivity index (χ0) is 15.0. The van der Waals surface area contributed by atoms with Gasteiger partial charge in [0, 0.05) is 17.6 Å². The quantitative estimate of drug-likeness (QED) is 0.760. The lowest BCUT2D eigenvalue weighted by molar-refractivity contribution is 0.221. The molecule has 1 atom stereocenters. The van der Waals surface area contributed by atoms with E-state index in [-0.39, 0.29) is 6.04 Å². The highest BCUT2D eigenvalue weighted by molar-refractivity contribution is 6.30. The highest BCUT2D eigenvalue weighted by atomic mass is 35.5. The van der Waals surface area contributed by atoms with Gasteiger partial charge in [-0.15, -0.1) is 0 Å². The van der Waals surface area contributed by atoms with E-state index in [1.807, 2.05) is 18.2 Å². The number of hydrogen-bond donors (Lipinski definition) is 1. The van der Waals surface area contributed by atoms with Gasteiger partial charge in [-0.1, -0.05) is 32.4 Å². The van der Waals surface area contributed by atoms with Crippen molar-refractivity contribution in [2.45, 2.75) is 39.7 Å². The van der Waals surface area contributed by atoms with Crippen LogP contribution in [0.3, 0.4) is 0 Å². The SMILES string of the molecule is CCC(N)Cc1cc(Cl)ccc1OCCN(CC)CC. The van der Waals surface area contributed by atoms with Crippen LogP contribution in [0.4, 0.5) is 0 Å². The Balaban J connectivity index is 2.64. The van der Waals surface area contributed by atoms with E-state index in [9.17, 15) is 0 Å². The minimum absolute atomic E-state index is 0.151. The second-order valence-corrected chi connectivity index (χ2v) is 5.44. The van der Waals surface area contributed by atoms with E-state index in [0.717, 1.165) is 48.8 Å². The molecule has 114 valence electrons. The van der Waals surface area contributed by atoms with Gasteiger partial charge in [0.25, 0.3) is 0 Å². The fourth-order valence-corrected chi connectivity index (χ4v) is 2.29. The summed E-state index contributed by atoms with van der Waals surface area (Å²) in [5.74, 6) is 0.908. The lowest BCUT2D eigenvalue weighted by Gasteiger charge is -2.19. The highest BCUT2D eigenvalue weighted by Gasteiger charge is 2.09. The van der Waals surface area contributed by atoms with E-state index in [2.05, 4.69) is 25.7 Å². The molecule has 0 radical (unpaired) electrons. The molecule has 0 heterocycles. The van der Waals surface area contributed by atoms with E-state index < -0.39 is 0 Å². The molecule has 4 heteroatoms. The minimum Gasteiger partial charge on any atom is -0.492 e. The Hall–Kier alpha value is -0.770. The van der Waals surface area contributed by atoms with E-state index in [1.165, 1.54) is 0 Å². The molecule has 0 amide bonds. The zero-order valence-corrected chi connectivity index (χ0v) is 13.6. The molecule has 0 saturated heterocycles. The molecular formula is C16H27ClN2O. The van der Waals surface area contributed by atoms with Crippen molar-refractivity contribution in [1.82, 2.24) is 4.90 Å². The van der Waals surface area contributed by atoms with Gasteiger partial charge >= 0.3 is 0 Å². The van der Waals surface area contributed by atoms with E-state index in [0.29, 0.717) is 6.61 Å². The summed E-state index contributed by atoms with van der Waals surface area (Å²) in [6.45, 7) is 10.2. The molecule has 0 spiro atoms. The third-order valence-electron chi connectivity index (χ3n) is 3.59. The lowest BCUT2D eigenvalue weighted by Crippen LogP contribution is -2.28. The second-order valence-electron chi connectivity index (χ2n) is 5.00. The maximum atomic E-state index is 6.07. The molecule has 1 aromatic carbocycles. The van der Waals surface area contributed by atoms with Gasteiger partial charge in [-0.05, 0) is 49.7 Å². The third kappa shape index (κ3) is 5.70. The number of ether oxygens (including phenoxy) is 1. The van der Waals surface area contributed by atoms with Crippen molar-refractivity contribution < 1.29 is 4.74 Å². The predicted octanol–water partition coefficient (Wildman–Crippen LogP) is 3.34. The number of hydrogen-bond acceptors (Lipinski definition) is 3. The van der Waals surface area contributed by atoms with E-state index in [4.69, 9.17) is 22.1 Å². The van der Waals surface area contributed by atoms with Gasteiger partial charge in [0.1, 0.15) is 12.4 Å². The molecule has 0 saturated carbocycles. The van der Waals surface area contributed by atoms with Crippen LogP contribution >= 0.6 is 11.6 Å². The monoisotopic (exact) mass is 298 g/mol. The number of rotatable bonds is 9. The van der Waals surface area contributed by atoms with Gasteiger partial charge in [0.2, 0.25) is 0 Å². The molecule has 0 aromatic heterocycles. The predicted molar refractivity (Wildman–Crippen MR) is 86.7 cm³/mol. The van der Waals surface area contributed by atoms with Crippen molar-refractivity contribution in [3.05, 3.63) is 28.8 Å². The van der Waals surface area contributed by atoms with Crippen LogP contribution in [0.2, 0.25) is 5.02 Å². The Kier molecular flexibility index (Phi) is 7.97. The van der Waals surface area contributed by atoms with Gasteiger partial charge < -0.3 is 15.4 Å². The van der Waals surface area contributed by atoms with Gasteiger partial charge in [-0.2, -0.15) is 0 Å². The summed E-state index contributed by atoms with van der Waals surface area (Å²) >= 11 is 6.07. The summed E-state index contributed by atoms with van der Waals surface area (Å²) < 4.78 is 5.92. The molecule has 20 heavy (non-hydrogen) atoms. The van der Waals surface area contributed by atoms with Crippen LogP contribution in [0.25, 0.3) is 0 Å². The fourth-order valence-electron chi connectivity index (χ4n) is 2.10. The van der Waals surface area contributed by atoms with Crippen LogP contribution in [0.5, 0.6) is 5.75 Å². The minimum atomic E-state index is 0.151. The van der Waals surface area contributed by atoms with Gasteiger partial charge in [-0.3, -0.25) is 0 Å². The second kappa shape index (κ2) is 9.22. The first-order valence-corrected chi connectivity index (χ1v) is 7.87. The number of nitrogens with two attached hydrogens (primary N) is 1. The average molecular weight is 299 g/mol. The summed E-state index contributed by atoms with van der Waals surface area (Å²) in [5.41, 5.74) is 7.14. The van der Waals surface area contributed by atoms with Crippen LogP contribution in [0.1, 0.15) is 32.8 Å². The van der Waals surface area contributed by atoms with Crippen LogP contribution in [-0.4, -0.2) is 37.2 Å². The Bertz CT molecular complexity index is 394. The first kappa shape index (κ1) is 17.3. The van der Waals surface area contributed by atoms with Crippen molar-refractivity contribution in [1.29, 1.82) is 0 Å². The van der Waals surface area contributed by atoms with Crippen molar-refractivity contribution >= 4 is 11.6 Å². The summed E-state index contributed by atoms with van der Waals surface area (Å²) in [4.78, 5) is 2.34. The largest absolute Gasteiger partial charge is 0.492 e. The van der Waals surface area contributed by atoms with Crippen LogP contribution in [0.15, 0.2) is 18.2 Å². The number of halogens is 1. The number of benzene rings is 1. The van der Waals surface area contributed by atoms with Crippen LogP contribution in [-0.2, 0) is 6.42 Å². The number of nitrogens with zero attached hydrogens (tertiary/aromatic N) is 1. The average Bonchev–Trinajstić information content (AvgIpc) is 2.45. The standard InChI is InChI=1S/C16H27ClN2O/c1-4-15(18)12-13-11-14(17)7-8-16(13)20-10-9-19(5-2)6-3/h7-8,11,15H,4-6,9-10,12,18H2,1-3H3. The smallest absolute Gasteiger partial charge is 0.122 e. The fraction of sp³-hybridized carbons (Fsp3) is 0.625. The maximum Gasteiger partial charge on any atom is 0.122 e. The third-order valence-corrected chi connectivity index (χ3v) is 3.82. The first-order valence-electron chi connectivity index (χ1n) is 7.49. The summed E-state index contributed by atoms with van der Waals surface area (Å²) in [7, 11) is 0. The molecule has 0 bridgehead atoms. The molecule has 0 aliphatic carbocycles. The molecule has 1 rings (SSSR count). The summed E-state index contributed by atoms with van der Waals surface area (Å²) in [5, 5.41) is 0.736. The normalized spacial score (nSPS) is 12.7. The molecule has 0 aliphatic rings. The molecule has 2 N–H and O–H groups in total. The highest BCUT2D eigenvalue weighted by Crippen LogP contribution is 2.24. The first-order chi connectivity index (χ1) is 9.60. The van der Waals surface area contributed by atoms with Crippen molar-refractivity contribution in [3.8, 4) is 5.75 Å². The summed E-state index contributed by atoms with van der Waals surface area (Å²) in [6, 6.07) is 5.93. The zero-order valence-electron chi connectivity index (χ0n) is 12.9. The Labute approximate surface area is 128 Å². The van der Waals surface area contributed by atoms with E-state index >= 15 is 0 Å². The number of likely N-dealkylation sites (N-methyl/N-ethyl adjacent to an activating group) is 1. The molecular weight excluding hydrogens is 272 g/mol. The van der Waals surface area contributed by atoms with Gasteiger partial charge in [0.05, 0.1) is 0 Å². The Morgan fingerprint density at radius 3 is 2.55 bits per heavy atom. The Morgan fingerprint density at radius 1 is 1.25 bits per heavy atom. The topological polar surface area (TPSA) is 38.5 Å². The van der Waals surface area contributed by atoms with Crippen LogP contribution < -0.4 is 10.5 Å². The Morgan fingerprint density at radius 2 is 1.95 bits per heavy atom. The van der Waals surface area contributed by atoms with Crippen molar-refractivity contribution in [2.24, 2.45) is 5.73 Å². The van der Waals surface area contributed by atoms with Crippen LogP contribution in [0, 0.1) is 0 Å². The van der Waals surface area contributed by atoms with Gasteiger partial charge in [-0.25, -0.2) is 0 Å². The van der Waals surface area contributed by atoms with E-state index in [1.54, 1.807) is 0 Å². The van der Waals surface area contributed by atoms with Crippen molar-refractivity contribution in [2.75, 3.05) is 26.2 Å². The molecule has 0 fully saturated rings. The van der Waals surface area contributed by atoms with Crippen molar-refractivity contribution in [3.63, 3.8) is 0 Å². The molecule has 1 aromatic rings. The molecule has 0 aliphatic heterocycles. The maximum absolute atomic E-state index is 6.07.